The fraction of sp³-hybridized carbons (Fsp3) is 0.211. The Morgan fingerprint density at radius 3 is 2.83 bits per heavy atom. The number of ether oxygens (including phenoxy) is 1. The van der Waals surface area contributed by atoms with Gasteiger partial charge in [-0.15, -0.1) is 5.10 Å². The number of tetrazole rings is 1. The predicted molar refractivity (Wildman–Crippen MR) is 104 cm³/mol. The van der Waals surface area contributed by atoms with Crippen LogP contribution in [0, 0.1) is 19.7 Å². The number of benzene rings is 2. The molecule has 4 rings (SSSR count). The summed E-state index contributed by atoms with van der Waals surface area (Å²) in [6, 6.07) is 10.6. The minimum atomic E-state index is -0.311. The van der Waals surface area contributed by atoms with Gasteiger partial charge in [-0.05, 0) is 53.6 Å². The zero-order valence-electron chi connectivity index (χ0n) is 16.0. The molecule has 4 aromatic rings. The van der Waals surface area contributed by atoms with Crippen LogP contribution in [0.1, 0.15) is 17.0 Å². The number of hydrogen-bond acceptors (Lipinski definition) is 8. The smallest absolute Gasteiger partial charge is 0.237 e. The van der Waals surface area contributed by atoms with E-state index in [0.717, 1.165) is 11.3 Å². The zero-order chi connectivity index (χ0) is 20.4. The van der Waals surface area contributed by atoms with E-state index < -0.39 is 0 Å². The van der Waals surface area contributed by atoms with Crippen LogP contribution in [0.15, 0.2) is 46.1 Å². The second kappa shape index (κ2) is 8.00. The Morgan fingerprint density at radius 2 is 2.03 bits per heavy atom. The minimum absolute atomic E-state index is 0.311. The van der Waals surface area contributed by atoms with Gasteiger partial charge in [0, 0.05) is 5.56 Å². The van der Waals surface area contributed by atoms with Crippen LogP contribution in [-0.2, 0) is 5.75 Å². The van der Waals surface area contributed by atoms with Crippen molar-refractivity contribution in [2.75, 3.05) is 7.11 Å². The molecule has 0 atom stereocenters. The molecule has 0 amide bonds. The molecular formula is C19H17FN6O2S. The molecular weight excluding hydrogens is 395 g/mol. The highest BCUT2D eigenvalue weighted by Gasteiger charge is 2.16. The number of nitrogens with zero attached hydrogens (tertiary/aromatic N) is 6. The first-order valence-electron chi connectivity index (χ1n) is 8.70. The highest BCUT2D eigenvalue weighted by molar-refractivity contribution is 7.98. The van der Waals surface area contributed by atoms with E-state index in [-0.39, 0.29) is 5.82 Å². The Labute approximate surface area is 170 Å². The van der Waals surface area contributed by atoms with Crippen molar-refractivity contribution >= 4 is 11.8 Å². The maximum absolute atomic E-state index is 13.8. The quantitative estimate of drug-likeness (QED) is 0.442. The summed E-state index contributed by atoms with van der Waals surface area (Å²) in [5.41, 5.74) is 2.91. The van der Waals surface area contributed by atoms with Crippen LogP contribution >= 0.6 is 11.8 Å². The van der Waals surface area contributed by atoms with Crippen LogP contribution in [-0.4, -0.2) is 37.5 Å². The Balaban J connectivity index is 1.53. The van der Waals surface area contributed by atoms with Gasteiger partial charge in [-0.25, -0.2) is 4.39 Å². The Hall–Kier alpha value is -3.27. The molecule has 0 saturated carbocycles. The van der Waals surface area contributed by atoms with Crippen LogP contribution in [0.4, 0.5) is 4.39 Å². The standard InChI is InChI=1S/C19H17FN6O2S/c1-11-4-7-16(27-3)15(8-11)26-19(22-24-25-26)29-10-17-21-18(23-28-17)13-6-5-12(2)14(20)9-13/h4-9H,10H2,1-3H3. The fourth-order valence-electron chi connectivity index (χ4n) is 2.67. The predicted octanol–water partition coefficient (Wildman–Crippen LogP) is 3.77. The summed E-state index contributed by atoms with van der Waals surface area (Å²) in [6.07, 6.45) is 0. The van der Waals surface area contributed by atoms with Crippen LogP contribution in [0.25, 0.3) is 17.1 Å². The van der Waals surface area contributed by atoms with Gasteiger partial charge in [-0.3, -0.25) is 0 Å². The largest absolute Gasteiger partial charge is 0.494 e. The molecule has 2 heterocycles. The van der Waals surface area contributed by atoms with E-state index in [9.17, 15) is 4.39 Å². The summed E-state index contributed by atoms with van der Waals surface area (Å²) in [5.74, 6) is 1.42. The van der Waals surface area contributed by atoms with Crippen molar-refractivity contribution in [2.24, 2.45) is 0 Å². The monoisotopic (exact) mass is 412 g/mol. The number of rotatable bonds is 6. The van der Waals surface area contributed by atoms with Gasteiger partial charge in [-0.1, -0.05) is 35.1 Å². The van der Waals surface area contributed by atoms with Gasteiger partial charge < -0.3 is 9.26 Å². The van der Waals surface area contributed by atoms with Crippen LogP contribution in [0.2, 0.25) is 0 Å². The molecule has 0 bridgehead atoms. The first-order chi connectivity index (χ1) is 14.0. The van der Waals surface area contributed by atoms with E-state index >= 15 is 0 Å². The van der Waals surface area contributed by atoms with Crippen molar-refractivity contribution in [3.63, 3.8) is 0 Å². The van der Waals surface area contributed by atoms with Crippen LogP contribution in [0.5, 0.6) is 5.75 Å². The van der Waals surface area contributed by atoms with E-state index in [1.807, 2.05) is 25.1 Å². The molecule has 2 aromatic heterocycles. The molecule has 0 radical (unpaired) electrons. The molecule has 0 spiro atoms. The molecule has 2 aromatic carbocycles. The third-order valence-electron chi connectivity index (χ3n) is 4.23. The van der Waals surface area contributed by atoms with Gasteiger partial charge in [0.15, 0.2) is 0 Å². The summed E-state index contributed by atoms with van der Waals surface area (Å²) >= 11 is 1.34. The summed E-state index contributed by atoms with van der Waals surface area (Å²) in [4.78, 5) is 4.33. The van der Waals surface area contributed by atoms with Crippen molar-refractivity contribution in [1.82, 2.24) is 30.3 Å². The lowest BCUT2D eigenvalue weighted by Gasteiger charge is -2.09. The Morgan fingerprint density at radius 1 is 1.17 bits per heavy atom. The molecule has 0 saturated heterocycles. The van der Waals surface area contributed by atoms with E-state index in [1.54, 1.807) is 30.8 Å². The van der Waals surface area contributed by atoms with E-state index in [4.69, 9.17) is 9.26 Å². The number of methoxy groups -OCH3 is 1. The number of aryl methyl sites for hydroxylation is 2. The number of halogens is 1. The minimum Gasteiger partial charge on any atom is -0.494 e. The second-order valence-electron chi connectivity index (χ2n) is 6.31. The molecule has 148 valence electrons. The van der Waals surface area contributed by atoms with Crippen molar-refractivity contribution in [3.8, 4) is 22.8 Å². The Kier molecular flexibility index (Phi) is 5.26. The molecule has 0 aliphatic heterocycles. The van der Waals surface area contributed by atoms with Gasteiger partial charge >= 0.3 is 0 Å². The zero-order valence-corrected chi connectivity index (χ0v) is 16.8. The molecule has 0 aliphatic carbocycles. The maximum atomic E-state index is 13.8. The Bertz CT molecular complexity index is 1160. The van der Waals surface area contributed by atoms with Crippen molar-refractivity contribution in [1.29, 1.82) is 0 Å². The highest BCUT2D eigenvalue weighted by Crippen LogP contribution is 2.28. The van der Waals surface area contributed by atoms with Crippen molar-refractivity contribution in [2.45, 2.75) is 24.8 Å². The molecule has 10 heteroatoms. The highest BCUT2D eigenvalue weighted by atomic mass is 32.2. The lowest BCUT2D eigenvalue weighted by atomic mass is 10.1. The molecule has 0 N–H and O–H groups in total. The van der Waals surface area contributed by atoms with E-state index in [0.29, 0.717) is 39.5 Å². The first-order valence-corrected chi connectivity index (χ1v) is 9.69. The average Bonchev–Trinajstić information content (AvgIpc) is 3.37. The molecule has 0 fully saturated rings. The van der Waals surface area contributed by atoms with Gasteiger partial charge in [0.2, 0.25) is 16.9 Å². The van der Waals surface area contributed by atoms with Crippen molar-refractivity contribution < 1.29 is 13.7 Å². The lowest BCUT2D eigenvalue weighted by molar-refractivity contribution is 0.391. The topological polar surface area (TPSA) is 91.8 Å². The summed E-state index contributed by atoms with van der Waals surface area (Å²) in [7, 11) is 1.60. The van der Waals surface area contributed by atoms with Gasteiger partial charge in [-0.2, -0.15) is 9.67 Å². The number of aromatic nitrogens is 6. The van der Waals surface area contributed by atoms with E-state index in [2.05, 4.69) is 25.7 Å². The average molecular weight is 412 g/mol. The van der Waals surface area contributed by atoms with Gasteiger partial charge in [0.05, 0.1) is 12.9 Å². The first kappa shape index (κ1) is 19.1. The van der Waals surface area contributed by atoms with Crippen molar-refractivity contribution in [3.05, 3.63) is 59.2 Å². The summed E-state index contributed by atoms with van der Waals surface area (Å²) < 4.78 is 26.1. The molecule has 0 unspecified atom stereocenters. The number of thioether (sulfide) groups is 1. The third kappa shape index (κ3) is 3.97. The second-order valence-corrected chi connectivity index (χ2v) is 7.26. The van der Waals surface area contributed by atoms with Crippen LogP contribution in [0.3, 0.4) is 0 Å². The lowest BCUT2D eigenvalue weighted by Crippen LogP contribution is -2.02. The molecule has 8 nitrogen and oxygen atoms in total. The normalized spacial score (nSPS) is 11.0. The fourth-order valence-corrected chi connectivity index (χ4v) is 3.40. The van der Waals surface area contributed by atoms with Gasteiger partial charge in [0.1, 0.15) is 17.3 Å². The third-order valence-corrected chi connectivity index (χ3v) is 5.13. The SMILES string of the molecule is COc1ccc(C)cc1-n1nnnc1SCc1nc(-c2ccc(C)c(F)c2)no1. The summed E-state index contributed by atoms with van der Waals surface area (Å²) in [5, 5.41) is 16.4. The maximum Gasteiger partial charge on any atom is 0.237 e. The van der Waals surface area contributed by atoms with E-state index in [1.165, 1.54) is 17.8 Å². The van der Waals surface area contributed by atoms with Crippen LogP contribution < -0.4 is 4.74 Å². The number of hydrogen-bond donors (Lipinski definition) is 0. The molecule has 29 heavy (non-hydrogen) atoms. The van der Waals surface area contributed by atoms with Gasteiger partial charge in [0.25, 0.3) is 0 Å². The summed E-state index contributed by atoms with van der Waals surface area (Å²) in [6.45, 7) is 3.68. The molecule has 0 aliphatic rings.